The Labute approximate surface area is 200 Å². The molecular formula is C28H30N4O2. The number of ether oxygens (including phenoxy) is 1. The summed E-state index contributed by atoms with van der Waals surface area (Å²) in [5, 5.41) is 8.54. The predicted molar refractivity (Wildman–Crippen MR) is 137 cm³/mol. The largest absolute Gasteiger partial charge is 0.494 e. The minimum Gasteiger partial charge on any atom is -0.494 e. The third kappa shape index (κ3) is 5.06. The normalized spacial score (nSPS) is 13.7. The first-order valence-corrected chi connectivity index (χ1v) is 12.1. The minimum absolute atomic E-state index is 0.193. The predicted octanol–water partition coefficient (Wildman–Crippen LogP) is 5.75. The van der Waals surface area contributed by atoms with Gasteiger partial charge in [0, 0.05) is 42.8 Å². The third-order valence-corrected chi connectivity index (χ3v) is 6.25. The summed E-state index contributed by atoms with van der Waals surface area (Å²) in [6.07, 6.45) is 4.59. The SMILES string of the molecule is O=C(Nc1ccc(N2CCCCC2)cc1)c1nn(CCCOc2ccccc2)c2ccccc12. The molecule has 0 saturated carbocycles. The van der Waals surface area contributed by atoms with Gasteiger partial charge in [-0.1, -0.05) is 36.4 Å². The fourth-order valence-electron chi connectivity index (χ4n) is 4.48. The highest BCUT2D eigenvalue weighted by molar-refractivity contribution is 6.11. The van der Waals surface area contributed by atoms with Crippen molar-refractivity contribution in [1.82, 2.24) is 9.78 Å². The topological polar surface area (TPSA) is 59.4 Å². The van der Waals surface area contributed by atoms with E-state index in [4.69, 9.17) is 4.74 Å². The van der Waals surface area contributed by atoms with E-state index in [0.717, 1.165) is 41.9 Å². The Morgan fingerprint density at radius 2 is 1.62 bits per heavy atom. The van der Waals surface area contributed by atoms with E-state index in [2.05, 4.69) is 27.4 Å². The van der Waals surface area contributed by atoms with E-state index in [9.17, 15) is 4.79 Å². The zero-order valence-corrected chi connectivity index (χ0v) is 19.3. The number of benzene rings is 3. The molecule has 1 amide bonds. The van der Waals surface area contributed by atoms with Crippen molar-refractivity contribution in [3.63, 3.8) is 0 Å². The number of piperidine rings is 1. The lowest BCUT2D eigenvalue weighted by Crippen LogP contribution is -2.29. The monoisotopic (exact) mass is 454 g/mol. The van der Waals surface area contributed by atoms with Crippen molar-refractivity contribution in [1.29, 1.82) is 0 Å². The van der Waals surface area contributed by atoms with E-state index in [1.807, 2.05) is 71.4 Å². The molecule has 5 rings (SSSR count). The Morgan fingerprint density at radius 3 is 2.41 bits per heavy atom. The molecular weight excluding hydrogens is 424 g/mol. The van der Waals surface area contributed by atoms with E-state index in [1.165, 1.54) is 24.9 Å². The van der Waals surface area contributed by atoms with Crippen LogP contribution in [0, 0.1) is 0 Å². The highest BCUT2D eigenvalue weighted by atomic mass is 16.5. The van der Waals surface area contributed by atoms with Crippen LogP contribution in [0.2, 0.25) is 0 Å². The molecule has 174 valence electrons. The van der Waals surface area contributed by atoms with E-state index in [1.54, 1.807) is 0 Å². The molecule has 3 aromatic carbocycles. The Hall–Kier alpha value is -3.80. The lowest BCUT2D eigenvalue weighted by Gasteiger charge is -2.28. The van der Waals surface area contributed by atoms with E-state index < -0.39 is 0 Å². The van der Waals surface area contributed by atoms with Crippen LogP contribution in [0.15, 0.2) is 78.9 Å². The number of rotatable bonds is 8. The summed E-state index contributed by atoms with van der Waals surface area (Å²) < 4.78 is 7.70. The summed E-state index contributed by atoms with van der Waals surface area (Å²) in [4.78, 5) is 15.5. The first-order valence-electron chi connectivity index (χ1n) is 12.1. The molecule has 0 radical (unpaired) electrons. The number of hydrogen-bond donors (Lipinski definition) is 1. The van der Waals surface area contributed by atoms with Crippen LogP contribution < -0.4 is 15.0 Å². The summed E-state index contributed by atoms with van der Waals surface area (Å²) >= 11 is 0. The van der Waals surface area contributed by atoms with Crippen molar-refractivity contribution in [3.05, 3.63) is 84.6 Å². The molecule has 1 saturated heterocycles. The fraction of sp³-hybridized carbons (Fsp3) is 0.286. The zero-order valence-electron chi connectivity index (χ0n) is 19.3. The molecule has 1 aliphatic rings. The molecule has 34 heavy (non-hydrogen) atoms. The standard InChI is InChI=1S/C28H30N4O2/c33-28(29-22-14-16-23(17-15-22)31-18-7-2-8-19-31)27-25-12-5-6-13-26(25)32(30-27)20-9-21-34-24-10-3-1-4-11-24/h1,3-6,10-17H,2,7-9,18-21H2,(H,29,33). The maximum absolute atomic E-state index is 13.1. The molecule has 2 heterocycles. The summed E-state index contributed by atoms with van der Waals surface area (Å²) in [6, 6.07) is 25.8. The van der Waals surface area contributed by atoms with Crippen LogP contribution in [0.5, 0.6) is 5.75 Å². The van der Waals surface area contributed by atoms with Gasteiger partial charge in [0.15, 0.2) is 5.69 Å². The second-order valence-electron chi connectivity index (χ2n) is 8.65. The number of aryl methyl sites for hydroxylation is 1. The Kier molecular flexibility index (Phi) is 6.75. The van der Waals surface area contributed by atoms with Crippen LogP contribution in [0.1, 0.15) is 36.2 Å². The Bertz CT molecular complexity index is 1230. The minimum atomic E-state index is -0.193. The van der Waals surface area contributed by atoms with Crippen LogP contribution in [0.25, 0.3) is 10.9 Å². The average Bonchev–Trinajstić information content (AvgIpc) is 3.27. The number of nitrogens with one attached hydrogen (secondary N) is 1. The number of aromatic nitrogens is 2. The lowest BCUT2D eigenvalue weighted by molar-refractivity contribution is 0.102. The van der Waals surface area contributed by atoms with Crippen molar-refractivity contribution in [2.75, 3.05) is 29.9 Å². The van der Waals surface area contributed by atoms with Gasteiger partial charge in [-0.3, -0.25) is 9.48 Å². The molecule has 0 atom stereocenters. The molecule has 1 aliphatic heterocycles. The summed E-state index contributed by atoms with van der Waals surface area (Å²) in [5.74, 6) is 0.667. The molecule has 1 aromatic heterocycles. The van der Waals surface area contributed by atoms with E-state index in [-0.39, 0.29) is 5.91 Å². The van der Waals surface area contributed by atoms with Crippen molar-refractivity contribution >= 4 is 28.2 Å². The average molecular weight is 455 g/mol. The van der Waals surface area contributed by atoms with Crippen LogP contribution in [-0.4, -0.2) is 35.4 Å². The molecule has 0 bridgehead atoms. The number of fused-ring (bicyclic) bond motifs is 1. The molecule has 0 aliphatic carbocycles. The highest BCUT2D eigenvalue weighted by Gasteiger charge is 2.17. The number of para-hydroxylation sites is 2. The molecule has 0 unspecified atom stereocenters. The van der Waals surface area contributed by atoms with Gasteiger partial charge in [-0.05, 0) is 61.7 Å². The first-order chi connectivity index (χ1) is 16.8. The number of carbonyl (C=O) groups excluding carboxylic acids is 1. The summed E-state index contributed by atoms with van der Waals surface area (Å²) in [7, 11) is 0. The molecule has 6 nitrogen and oxygen atoms in total. The Morgan fingerprint density at radius 1 is 0.882 bits per heavy atom. The van der Waals surface area contributed by atoms with Gasteiger partial charge in [0.1, 0.15) is 5.75 Å². The zero-order chi connectivity index (χ0) is 23.2. The summed E-state index contributed by atoms with van der Waals surface area (Å²) in [5.41, 5.74) is 3.39. The quantitative estimate of drug-likeness (QED) is 0.345. The van der Waals surface area contributed by atoms with Gasteiger partial charge in [0.25, 0.3) is 5.91 Å². The van der Waals surface area contributed by atoms with Crippen LogP contribution in [-0.2, 0) is 6.54 Å². The molecule has 6 heteroatoms. The van der Waals surface area contributed by atoms with Crippen LogP contribution in [0.3, 0.4) is 0 Å². The van der Waals surface area contributed by atoms with Gasteiger partial charge in [-0.25, -0.2) is 0 Å². The van der Waals surface area contributed by atoms with Crippen LogP contribution >= 0.6 is 0 Å². The third-order valence-electron chi connectivity index (χ3n) is 6.25. The van der Waals surface area contributed by atoms with E-state index >= 15 is 0 Å². The van der Waals surface area contributed by atoms with Gasteiger partial charge < -0.3 is 15.0 Å². The maximum atomic E-state index is 13.1. The lowest BCUT2D eigenvalue weighted by atomic mass is 10.1. The molecule has 0 spiro atoms. The van der Waals surface area contributed by atoms with Crippen molar-refractivity contribution in [2.24, 2.45) is 0 Å². The second kappa shape index (κ2) is 10.4. The number of amides is 1. The highest BCUT2D eigenvalue weighted by Crippen LogP contribution is 2.24. The second-order valence-corrected chi connectivity index (χ2v) is 8.65. The fourth-order valence-corrected chi connectivity index (χ4v) is 4.48. The first kappa shape index (κ1) is 22.0. The van der Waals surface area contributed by atoms with Crippen molar-refractivity contribution in [2.45, 2.75) is 32.2 Å². The smallest absolute Gasteiger partial charge is 0.276 e. The number of hydrogen-bond acceptors (Lipinski definition) is 4. The number of anilines is 2. The number of nitrogens with zero attached hydrogens (tertiary/aromatic N) is 3. The van der Waals surface area contributed by atoms with Crippen molar-refractivity contribution < 1.29 is 9.53 Å². The van der Waals surface area contributed by atoms with Gasteiger partial charge in [0.05, 0.1) is 12.1 Å². The van der Waals surface area contributed by atoms with Gasteiger partial charge in [-0.2, -0.15) is 5.10 Å². The van der Waals surface area contributed by atoms with Crippen LogP contribution in [0.4, 0.5) is 11.4 Å². The van der Waals surface area contributed by atoms with Gasteiger partial charge >= 0.3 is 0 Å². The van der Waals surface area contributed by atoms with E-state index in [0.29, 0.717) is 18.8 Å². The molecule has 4 aromatic rings. The molecule has 1 N–H and O–H groups in total. The Balaban J connectivity index is 1.25. The van der Waals surface area contributed by atoms with Gasteiger partial charge in [-0.15, -0.1) is 0 Å². The van der Waals surface area contributed by atoms with Gasteiger partial charge in [0.2, 0.25) is 0 Å². The number of carbonyl (C=O) groups is 1. The maximum Gasteiger partial charge on any atom is 0.276 e. The summed E-state index contributed by atoms with van der Waals surface area (Å²) in [6.45, 7) is 3.46. The van der Waals surface area contributed by atoms with Crippen molar-refractivity contribution in [3.8, 4) is 5.75 Å². The molecule has 1 fully saturated rings.